The normalized spacial score (nSPS) is 12.1. The van der Waals surface area contributed by atoms with Crippen molar-refractivity contribution in [3.8, 4) is 0 Å². The largest absolute Gasteiger partial charge is 0.478 e. The van der Waals surface area contributed by atoms with Crippen LogP contribution in [0.3, 0.4) is 0 Å². The summed E-state index contributed by atoms with van der Waals surface area (Å²) in [7, 11) is 0. The fourth-order valence-corrected chi connectivity index (χ4v) is 2.30. The topological polar surface area (TPSA) is 149 Å². The molecule has 0 aromatic heterocycles. The first-order valence-electron chi connectivity index (χ1n) is 6.29. The number of aromatic carboxylic acids is 4. The summed E-state index contributed by atoms with van der Waals surface area (Å²) in [5.74, 6) is -14.8. The van der Waals surface area contributed by atoms with Gasteiger partial charge in [-0.15, -0.1) is 0 Å². The van der Waals surface area contributed by atoms with Crippen LogP contribution in [0.4, 0.5) is 26.3 Å². The van der Waals surface area contributed by atoms with E-state index in [0.29, 0.717) is 0 Å². The highest BCUT2D eigenvalue weighted by molar-refractivity contribution is 6.11. The number of alkyl halides is 6. The predicted molar refractivity (Wildman–Crippen MR) is 69.1 cm³/mol. The minimum atomic E-state index is -6.32. The van der Waals surface area contributed by atoms with Gasteiger partial charge in [0.2, 0.25) is 0 Å². The van der Waals surface area contributed by atoms with Crippen LogP contribution in [0.2, 0.25) is 0 Å². The van der Waals surface area contributed by atoms with Gasteiger partial charge in [-0.25, -0.2) is 19.2 Å². The van der Waals surface area contributed by atoms with Gasteiger partial charge in [0.05, 0.1) is 22.3 Å². The molecular formula is C13H6F6O8. The first-order chi connectivity index (χ1) is 12.0. The molecule has 1 aromatic carbocycles. The Bertz CT molecular complexity index is 774. The summed E-state index contributed by atoms with van der Waals surface area (Å²) in [6.07, 6.45) is -12.6. The molecule has 0 aliphatic carbocycles. The van der Waals surface area contributed by atoms with Gasteiger partial charge in [0.25, 0.3) is 0 Å². The van der Waals surface area contributed by atoms with Crippen LogP contribution in [0, 0.1) is 0 Å². The highest BCUT2D eigenvalue weighted by Gasteiger charge is 2.60. The lowest BCUT2D eigenvalue weighted by Gasteiger charge is -2.27. The molecule has 8 nitrogen and oxygen atoms in total. The monoisotopic (exact) mass is 404 g/mol. The Morgan fingerprint density at radius 2 is 0.963 bits per heavy atom. The molecule has 0 heterocycles. The molecule has 0 bridgehead atoms. The Morgan fingerprint density at radius 3 is 1.15 bits per heavy atom. The zero-order chi connectivity index (χ0) is 21.5. The molecule has 0 saturated heterocycles. The molecule has 14 heteroatoms. The first kappa shape index (κ1) is 21.7. The van der Waals surface area contributed by atoms with Crippen LogP contribution < -0.4 is 0 Å². The fraction of sp³-hybridized carbons (Fsp3) is 0.231. The van der Waals surface area contributed by atoms with Gasteiger partial charge < -0.3 is 20.4 Å². The van der Waals surface area contributed by atoms with Crippen molar-refractivity contribution in [3.63, 3.8) is 0 Å². The van der Waals surface area contributed by atoms with Gasteiger partial charge in [-0.1, -0.05) is 0 Å². The van der Waals surface area contributed by atoms with E-state index in [1.807, 2.05) is 0 Å². The fourth-order valence-electron chi connectivity index (χ4n) is 2.30. The molecule has 4 N–H and O–H groups in total. The maximum Gasteiger partial charge on any atom is 0.404 e. The van der Waals surface area contributed by atoms with Crippen molar-refractivity contribution in [1.29, 1.82) is 0 Å². The highest BCUT2D eigenvalue weighted by atomic mass is 19.4. The van der Waals surface area contributed by atoms with Crippen molar-refractivity contribution < 1.29 is 65.9 Å². The number of carboxylic acid groups (broad SMARTS) is 4. The summed E-state index contributed by atoms with van der Waals surface area (Å²) < 4.78 is 78.3. The summed E-state index contributed by atoms with van der Waals surface area (Å²) in [5.41, 5.74) is -10.3. The van der Waals surface area contributed by atoms with Gasteiger partial charge in [0, 0.05) is 5.56 Å². The van der Waals surface area contributed by atoms with Crippen LogP contribution in [0.15, 0.2) is 6.07 Å². The Balaban J connectivity index is 4.38. The number of hydrogen-bond acceptors (Lipinski definition) is 4. The zero-order valence-electron chi connectivity index (χ0n) is 12.3. The van der Waals surface area contributed by atoms with Gasteiger partial charge in [-0.2, -0.15) is 26.3 Å². The van der Waals surface area contributed by atoms with Gasteiger partial charge in [-0.05, 0) is 6.07 Å². The third kappa shape index (κ3) is 4.09. The summed E-state index contributed by atoms with van der Waals surface area (Å²) >= 11 is 0. The van der Waals surface area contributed by atoms with Crippen molar-refractivity contribution in [2.75, 3.05) is 0 Å². The number of rotatable bonds is 5. The molecule has 148 valence electrons. The second-order valence-corrected chi connectivity index (χ2v) is 4.87. The smallest absolute Gasteiger partial charge is 0.404 e. The van der Waals surface area contributed by atoms with Crippen LogP contribution in [0.1, 0.15) is 52.9 Å². The molecule has 27 heavy (non-hydrogen) atoms. The van der Waals surface area contributed by atoms with E-state index in [4.69, 9.17) is 20.4 Å². The van der Waals surface area contributed by atoms with Crippen LogP contribution >= 0.6 is 0 Å². The molecule has 0 atom stereocenters. The highest BCUT2D eigenvalue weighted by Crippen LogP contribution is 2.49. The second-order valence-electron chi connectivity index (χ2n) is 4.87. The van der Waals surface area contributed by atoms with E-state index in [0.717, 1.165) is 0 Å². The molecule has 0 saturated carbocycles. The maximum absolute atomic E-state index is 13.1. The van der Waals surface area contributed by atoms with Crippen LogP contribution in [0.5, 0.6) is 0 Å². The summed E-state index contributed by atoms with van der Waals surface area (Å²) in [6, 6.07) is -0.134. The summed E-state index contributed by atoms with van der Waals surface area (Å²) in [5, 5.41) is 35.7. The molecule has 0 spiro atoms. The standard InChI is InChI=1S/C13H6F6O8/c14-12(15,16)7(13(17,18)19)6-4(10(24)25)2(8(20)21)1-3(9(22)23)5(6)11(26)27/h1,7H,(H,20,21)(H,22,23)(H,24,25)(H,26,27). The van der Waals surface area contributed by atoms with E-state index in [2.05, 4.69) is 0 Å². The van der Waals surface area contributed by atoms with E-state index in [1.165, 1.54) is 0 Å². The Hall–Kier alpha value is -3.32. The number of benzene rings is 1. The third-order valence-electron chi connectivity index (χ3n) is 3.20. The zero-order valence-corrected chi connectivity index (χ0v) is 12.3. The van der Waals surface area contributed by atoms with Crippen molar-refractivity contribution in [1.82, 2.24) is 0 Å². The van der Waals surface area contributed by atoms with Gasteiger partial charge in [0.15, 0.2) is 5.92 Å². The number of hydrogen-bond donors (Lipinski definition) is 4. The van der Waals surface area contributed by atoms with Gasteiger partial charge in [0.1, 0.15) is 0 Å². The molecule has 0 aliphatic rings. The molecule has 0 unspecified atom stereocenters. The third-order valence-corrected chi connectivity index (χ3v) is 3.20. The summed E-state index contributed by atoms with van der Waals surface area (Å²) in [4.78, 5) is 44.6. The van der Waals surface area contributed by atoms with Crippen molar-refractivity contribution >= 4 is 23.9 Å². The molecule has 0 amide bonds. The van der Waals surface area contributed by atoms with Crippen LogP contribution in [-0.2, 0) is 0 Å². The van der Waals surface area contributed by atoms with Gasteiger partial charge in [-0.3, -0.25) is 0 Å². The lowest BCUT2D eigenvalue weighted by atomic mass is 9.83. The summed E-state index contributed by atoms with van der Waals surface area (Å²) in [6.45, 7) is 0. The first-order valence-corrected chi connectivity index (χ1v) is 6.29. The van der Waals surface area contributed by atoms with Crippen LogP contribution in [-0.4, -0.2) is 56.7 Å². The van der Waals surface area contributed by atoms with E-state index >= 15 is 0 Å². The van der Waals surface area contributed by atoms with Crippen LogP contribution in [0.25, 0.3) is 0 Å². The molecule has 0 fully saturated rings. The van der Waals surface area contributed by atoms with E-state index in [1.54, 1.807) is 0 Å². The molecule has 1 rings (SSSR count). The van der Waals surface area contributed by atoms with Crippen molar-refractivity contribution in [3.05, 3.63) is 33.9 Å². The van der Waals surface area contributed by atoms with E-state index < -0.39 is 70.0 Å². The van der Waals surface area contributed by atoms with Gasteiger partial charge >= 0.3 is 36.2 Å². The van der Waals surface area contributed by atoms with Crippen molar-refractivity contribution in [2.45, 2.75) is 18.3 Å². The second kappa shape index (κ2) is 6.77. The molecule has 0 radical (unpaired) electrons. The minimum absolute atomic E-state index is 0.134. The molecule has 1 aromatic rings. The number of halogens is 6. The lowest BCUT2D eigenvalue weighted by molar-refractivity contribution is -0.253. The number of carbonyl (C=O) groups is 4. The SMILES string of the molecule is O=C(O)c1cc(C(=O)O)c(C(=O)O)c(C(C(F)(F)F)C(F)(F)F)c1C(=O)O. The Kier molecular flexibility index (Phi) is 5.45. The van der Waals surface area contributed by atoms with E-state index in [9.17, 15) is 45.5 Å². The van der Waals surface area contributed by atoms with Crippen molar-refractivity contribution in [2.24, 2.45) is 0 Å². The maximum atomic E-state index is 13.1. The lowest BCUT2D eigenvalue weighted by Crippen LogP contribution is -2.38. The Labute approximate surface area is 143 Å². The molecule has 0 aliphatic heterocycles. The molecular weight excluding hydrogens is 398 g/mol. The average molecular weight is 404 g/mol. The average Bonchev–Trinajstić information content (AvgIpc) is 2.41. The Morgan fingerprint density at radius 1 is 0.667 bits per heavy atom. The van der Waals surface area contributed by atoms with E-state index in [-0.39, 0.29) is 6.07 Å². The minimum Gasteiger partial charge on any atom is -0.478 e. The number of carboxylic acids is 4. The predicted octanol–water partition coefficient (Wildman–Crippen LogP) is 2.69. The quantitative estimate of drug-likeness (QED) is 0.548.